The molecule has 4 aliphatic rings. The van der Waals surface area contributed by atoms with Crippen molar-refractivity contribution in [2.45, 2.75) is 116 Å². The second-order valence-corrected chi connectivity index (χ2v) is 14.5. The van der Waals surface area contributed by atoms with Gasteiger partial charge >= 0.3 is 0 Å². The van der Waals surface area contributed by atoms with Crippen molar-refractivity contribution in [3.63, 3.8) is 0 Å². The summed E-state index contributed by atoms with van der Waals surface area (Å²) in [5.74, 6) is 2.83. The van der Waals surface area contributed by atoms with Crippen LogP contribution in [-0.2, 0) is 4.79 Å². The van der Waals surface area contributed by atoms with Crippen LogP contribution in [0.1, 0.15) is 114 Å². The number of halogens is 1. The molecular formula is C39H54ClN3O. The number of allylic oxidation sites excluding steroid dienone is 5. The largest absolute Gasteiger partial charge is 0.371 e. The SMILES string of the molecule is C=CC(=O)N1CCC2(CCC(CC[C@@H]3CCC[C@H](N/C4=N/C=C(Cl)\C(C(=C\CCC)\c5ccccc5C)=C/CCC4)C3)C2)C1. The molecule has 0 aromatic heterocycles. The maximum absolute atomic E-state index is 12.1. The summed E-state index contributed by atoms with van der Waals surface area (Å²) in [6.07, 6.45) is 26.1. The molecule has 238 valence electrons. The van der Waals surface area contributed by atoms with E-state index in [-0.39, 0.29) is 5.91 Å². The molecule has 2 aliphatic carbocycles. The minimum Gasteiger partial charge on any atom is -0.371 e. The van der Waals surface area contributed by atoms with E-state index in [1.807, 2.05) is 11.1 Å². The standard InChI is InChI=1S/C39H54ClN3O/c1-4-6-15-34(33-16-8-7-12-29(33)3)35-17-9-10-18-37(41-27-36(35)40)42-32-14-11-13-30(25-32)19-20-31-21-22-39(26-31)23-24-43(28-39)38(44)5-2/h5,7-8,12,15-17,27,30-32H,2,4,6,9-11,13-14,18-26,28H2,1,3H3,(H,41,42)/b34-15+,35-17-,36-27+/t30-,31?,32-,39?/m0/s1. The zero-order valence-electron chi connectivity index (χ0n) is 27.3. The van der Waals surface area contributed by atoms with Crippen LogP contribution in [0.5, 0.6) is 0 Å². The Hall–Kier alpha value is -2.59. The molecule has 3 fully saturated rings. The van der Waals surface area contributed by atoms with Gasteiger partial charge in [-0.25, -0.2) is 4.99 Å². The maximum atomic E-state index is 12.1. The topological polar surface area (TPSA) is 44.7 Å². The minimum absolute atomic E-state index is 0.112. The summed E-state index contributed by atoms with van der Waals surface area (Å²) in [5.41, 5.74) is 5.26. The van der Waals surface area contributed by atoms with Gasteiger partial charge < -0.3 is 10.2 Å². The summed E-state index contributed by atoms with van der Waals surface area (Å²) in [5, 5.41) is 4.60. The Bertz CT molecular complexity index is 1290. The number of aryl methyl sites for hydroxylation is 1. The van der Waals surface area contributed by atoms with Crippen molar-refractivity contribution >= 4 is 28.9 Å². The van der Waals surface area contributed by atoms with Gasteiger partial charge in [-0.15, -0.1) is 0 Å². The van der Waals surface area contributed by atoms with Crippen molar-refractivity contribution in [2.24, 2.45) is 22.2 Å². The lowest BCUT2D eigenvalue weighted by atomic mass is 9.80. The quantitative estimate of drug-likeness (QED) is 0.281. The van der Waals surface area contributed by atoms with E-state index in [0.717, 1.165) is 73.5 Å². The van der Waals surface area contributed by atoms with E-state index in [1.54, 1.807) is 0 Å². The lowest BCUT2D eigenvalue weighted by Gasteiger charge is -2.31. The summed E-state index contributed by atoms with van der Waals surface area (Å²) in [4.78, 5) is 19.1. The van der Waals surface area contributed by atoms with Crippen molar-refractivity contribution < 1.29 is 4.79 Å². The highest BCUT2D eigenvalue weighted by Gasteiger charge is 2.44. The zero-order chi connectivity index (χ0) is 30.9. The second-order valence-electron chi connectivity index (χ2n) is 14.1. The lowest BCUT2D eigenvalue weighted by molar-refractivity contribution is -0.125. The molecule has 44 heavy (non-hydrogen) atoms. The molecule has 4 nitrogen and oxygen atoms in total. The highest BCUT2D eigenvalue weighted by atomic mass is 35.5. The van der Waals surface area contributed by atoms with Gasteiger partial charge in [-0.1, -0.05) is 93.6 Å². The van der Waals surface area contributed by atoms with Gasteiger partial charge in [0.1, 0.15) is 5.84 Å². The van der Waals surface area contributed by atoms with Gasteiger partial charge in [-0.3, -0.25) is 4.79 Å². The number of benzene rings is 1. The number of amides is 1. The van der Waals surface area contributed by atoms with Gasteiger partial charge in [0.25, 0.3) is 0 Å². The van der Waals surface area contributed by atoms with Crippen LogP contribution in [0.2, 0.25) is 0 Å². The van der Waals surface area contributed by atoms with Gasteiger partial charge in [-0.05, 0) is 110 Å². The molecule has 5 rings (SSSR count). The number of hydrogen-bond donors (Lipinski definition) is 1. The third kappa shape index (κ3) is 8.36. The molecule has 1 amide bonds. The van der Waals surface area contributed by atoms with E-state index in [0.29, 0.717) is 11.5 Å². The number of amidine groups is 1. The van der Waals surface area contributed by atoms with Crippen molar-refractivity contribution in [3.05, 3.63) is 77.0 Å². The van der Waals surface area contributed by atoms with E-state index in [1.165, 1.54) is 87.0 Å². The number of rotatable bonds is 9. The monoisotopic (exact) mass is 615 g/mol. The van der Waals surface area contributed by atoms with Gasteiger partial charge in [-0.2, -0.15) is 0 Å². The number of nitrogens with zero attached hydrogens (tertiary/aromatic N) is 2. The molecule has 4 atom stereocenters. The molecular weight excluding hydrogens is 562 g/mol. The Morgan fingerprint density at radius 3 is 2.82 bits per heavy atom. The van der Waals surface area contributed by atoms with Crippen LogP contribution in [0.3, 0.4) is 0 Å². The summed E-state index contributed by atoms with van der Waals surface area (Å²) < 4.78 is 0. The van der Waals surface area contributed by atoms with E-state index < -0.39 is 0 Å². The summed E-state index contributed by atoms with van der Waals surface area (Å²) in [6.45, 7) is 9.96. The highest BCUT2D eigenvalue weighted by Crippen LogP contribution is 2.50. The second kappa shape index (κ2) is 15.6. The molecule has 2 unspecified atom stereocenters. The van der Waals surface area contributed by atoms with Gasteiger partial charge in [0, 0.05) is 31.8 Å². The van der Waals surface area contributed by atoms with Crippen molar-refractivity contribution in [3.8, 4) is 0 Å². The summed E-state index contributed by atoms with van der Waals surface area (Å²) in [7, 11) is 0. The zero-order valence-corrected chi connectivity index (χ0v) is 28.0. The molecule has 5 heteroatoms. The average molecular weight is 616 g/mol. The number of unbranched alkanes of at least 4 members (excludes halogenated alkanes) is 1. The van der Waals surface area contributed by atoms with Crippen molar-refractivity contribution in [2.75, 3.05) is 13.1 Å². The molecule has 2 heterocycles. The van der Waals surface area contributed by atoms with Crippen LogP contribution in [-0.4, -0.2) is 35.8 Å². The Morgan fingerprint density at radius 2 is 2.00 bits per heavy atom. The van der Waals surface area contributed by atoms with E-state index in [9.17, 15) is 4.79 Å². The molecule has 1 N–H and O–H groups in total. The van der Waals surface area contributed by atoms with Crippen LogP contribution in [0.15, 0.2) is 70.9 Å². The molecule has 2 aliphatic heterocycles. The third-order valence-electron chi connectivity index (χ3n) is 10.8. The molecule has 0 bridgehead atoms. The fourth-order valence-electron chi connectivity index (χ4n) is 8.35. The fraction of sp³-hybridized carbons (Fsp3) is 0.590. The number of hydrogen-bond acceptors (Lipinski definition) is 3. The van der Waals surface area contributed by atoms with Gasteiger partial charge in [0.15, 0.2) is 0 Å². The van der Waals surface area contributed by atoms with Crippen molar-refractivity contribution in [1.29, 1.82) is 0 Å². The molecule has 1 aromatic rings. The highest BCUT2D eigenvalue weighted by molar-refractivity contribution is 6.33. The number of nitrogens with one attached hydrogen (secondary N) is 1. The summed E-state index contributed by atoms with van der Waals surface area (Å²) in [6, 6.07) is 9.12. The first kappa shape index (κ1) is 32.8. The third-order valence-corrected chi connectivity index (χ3v) is 11.1. The Kier molecular flexibility index (Phi) is 11.6. The number of likely N-dealkylation sites (tertiary alicyclic amines) is 1. The van der Waals surface area contributed by atoms with E-state index in [2.05, 4.69) is 62.2 Å². The first-order valence-electron chi connectivity index (χ1n) is 17.5. The molecule has 2 saturated carbocycles. The number of carbonyl (C=O) groups excluding carboxylic acids is 1. The number of carbonyl (C=O) groups is 1. The molecule has 1 spiro atoms. The van der Waals surface area contributed by atoms with Crippen LogP contribution in [0.4, 0.5) is 0 Å². The van der Waals surface area contributed by atoms with Gasteiger partial charge in [0.2, 0.25) is 5.91 Å². The van der Waals surface area contributed by atoms with E-state index >= 15 is 0 Å². The lowest BCUT2D eigenvalue weighted by Crippen LogP contribution is -2.38. The molecule has 0 radical (unpaired) electrons. The normalized spacial score (nSPS) is 31.6. The number of aliphatic imine (C=N–C) groups is 1. The predicted molar refractivity (Wildman–Crippen MR) is 187 cm³/mol. The smallest absolute Gasteiger partial charge is 0.245 e. The van der Waals surface area contributed by atoms with Crippen LogP contribution in [0, 0.1) is 24.2 Å². The summed E-state index contributed by atoms with van der Waals surface area (Å²) >= 11 is 7.01. The minimum atomic E-state index is 0.112. The van der Waals surface area contributed by atoms with Crippen molar-refractivity contribution in [1.82, 2.24) is 10.2 Å². The maximum Gasteiger partial charge on any atom is 0.245 e. The predicted octanol–water partition coefficient (Wildman–Crippen LogP) is 9.90. The Balaban J connectivity index is 1.16. The van der Waals surface area contributed by atoms with Crippen LogP contribution in [0.25, 0.3) is 5.57 Å². The first-order valence-corrected chi connectivity index (χ1v) is 17.8. The van der Waals surface area contributed by atoms with Gasteiger partial charge in [0.05, 0.1) is 5.03 Å². The fourth-order valence-corrected chi connectivity index (χ4v) is 8.57. The molecule has 1 saturated heterocycles. The van der Waals surface area contributed by atoms with E-state index in [4.69, 9.17) is 16.6 Å². The van der Waals surface area contributed by atoms with Crippen LogP contribution >= 0.6 is 11.6 Å². The molecule has 1 aromatic carbocycles. The Morgan fingerprint density at radius 1 is 1.16 bits per heavy atom. The van der Waals surface area contributed by atoms with Crippen LogP contribution < -0.4 is 5.32 Å². The average Bonchev–Trinajstić information content (AvgIpc) is 3.66. The Labute approximate surface area is 271 Å². The first-order chi connectivity index (χ1) is 21.4.